The van der Waals surface area contributed by atoms with Gasteiger partial charge in [0.2, 0.25) is 0 Å². The largest absolute Gasteiger partial charge is 0.480 e. The Balaban J connectivity index is 1.54. The van der Waals surface area contributed by atoms with Gasteiger partial charge in [-0.25, -0.2) is 9.37 Å². The van der Waals surface area contributed by atoms with Crippen LogP contribution in [0.4, 0.5) is 17.6 Å². The van der Waals surface area contributed by atoms with Crippen molar-refractivity contribution in [1.29, 1.82) is 0 Å². The lowest BCUT2D eigenvalue weighted by atomic mass is 10.1. The molecule has 0 saturated heterocycles. The number of thiazole rings is 1. The van der Waals surface area contributed by atoms with Crippen molar-refractivity contribution < 1.29 is 27.5 Å². The molecule has 2 heterocycles. The number of fused-ring (bicyclic) bond motifs is 1. The molecule has 4 nitrogen and oxygen atoms in total. The molecule has 0 atom stereocenters. The number of aromatic nitrogens is 2. The molecule has 0 aliphatic carbocycles. The first kappa shape index (κ1) is 23.3. The second-order valence-corrected chi connectivity index (χ2v) is 9.66. The van der Waals surface area contributed by atoms with Gasteiger partial charge in [0.15, 0.2) is 0 Å². The summed E-state index contributed by atoms with van der Waals surface area (Å²) >= 11 is 2.90. The van der Waals surface area contributed by atoms with Gasteiger partial charge in [-0.15, -0.1) is 23.1 Å². The summed E-state index contributed by atoms with van der Waals surface area (Å²) < 4.78 is 54.1. The van der Waals surface area contributed by atoms with Crippen molar-refractivity contribution >= 4 is 40.0 Å². The molecule has 4 aromatic rings. The number of hydrogen-bond donors (Lipinski definition) is 1. The first-order valence-electron chi connectivity index (χ1n) is 9.80. The number of nitrogens with zero attached hydrogens (tertiary/aromatic N) is 2. The molecule has 10 heteroatoms. The zero-order valence-corrected chi connectivity index (χ0v) is 19.2. The van der Waals surface area contributed by atoms with E-state index in [-0.39, 0.29) is 6.54 Å². The van der Waals surface area contributed by atoms with Gasteiger partial charge in [0, 0.05) is 32.7 Å². The molecule has 0 radical (unpaired) electrons. The number of aliphatic carboxylic acids is 1. The molecular formula is C23H18F4N2O2S2. The van der Waals surface area contributed by atoms with Gasteiger partial charge in [0.25, 0.3) is 0 Å². The number of hydrogen-bond acceptors (Lipinski definition) is 4. The zero-order chi connectivity index (χ0) is 23.9. The maximum absolute atomic E-state index is 14.0. The van der Waals surface area contributed by atoms with Crippen LogP contribution in [0.3, 0.4) is 0 Å². The minimum absolute atomic E-state index is 0.107. The maximum Gasteiger partial charge on any atom is 0.419 e. The number of alkyl halides is 3. The molecule has 172 valence electrons. The molecule has 0 saturated carbocycles. The fourth-order valence-electron chi connectivity index (χ4n) is 3.61. The van der Waals surface area contributed by atoms with Gasteiger partial charge >= 0.3 is 12.1 Å². The molecule has 0 fully saturated rings. The van der Waals surface area contributed by atoms with Crippen molar-refractivity contribution in [3.05, 3.63) is 70.1 Å². The molecule has 0 bridgehead atoms. The third-order valence-corrected chi connectivity index (χ3v) is 7.51. The van der Waals surface area contributed by atoms with Crippen LogP contribution in [0, 0.1) is 19.7 Å². The van der Waals surface area contributed by atoms with E-state index in [1.807, 2.05) is 32.0 Å². The topological polar surface area (TPSA) is 55.1 Å². The SMILES string of the molecule is Cc1nc(-c2ccc(C(F)(F)F)c(F)c2)sc1CSc1cc(C)c2c(ccn2CC(=O)O)c1. The van der Waals surface area contributed by atoms with Crippen molar-refractivity contribution in [2.45, 2.75) is 37.2 Å². The van der Waals surface area contributed by atoms with E-state index < -0.39 is 23.5 Å². The zero-order valence-electron chi connectivity index (χ0n) is 17.5. The Morgan fingerprint density at radius 2 is 1.94 bits per heavy atom. The minimum Gasteiger partial charge on any atom is -0.480 e. The molecule has 2 aromatic carbocycles. The van der Waals surface area contributed by atoms with E-state index in [4.69, 9.17) is 5.11 Å². The fourth-order valence-corrected chi connectivity index (χ4v) is 5.85. The average molecular weight is 495 g/mol. The third kappa shape index (κ3) is 4.91. The van der Waals surface area contributed by atoms with Crippen LogP contribution in [0.1, 0.15) is 21.7 Å². The highest BCUT2D eigenvalue weighted by Crippen LogP contribution is 2.37. The lowest BCUT2D eigenvalue weighted by molar-refractivity contribution is -0.140. The lowest BCUT2D eigenvalue weighted by Gasteiger charge is -2.08. The van der Waals surface area contributed by atoms with E-state index in [1.165, 1.54) is 17.4 Å². The summed E-state index contributed by atoms with van der Waals surface area (Å²) in [5, 5.41) is 10.5. The van der Waals surface area contributed by atoms with Crippen LogP contribution in [-0.2, 0) is 23.3 Å². The summed E-state index contributed by atoms with van der Waals surface area (Å²) in [5.41, 5.74) is 1.60. The summed E-state index contributed by atoms with van der Waals surface area (Å²) in [5.74, 6) is -1.63. The second-order valence-electron chi connectivity index (χ2n) is 7.52. The lowest BCUT2D eigenvalue weighted by Crippen LogP contribution is -2.07. The molecule has 0 aliphatic rings. The Labute approximate surface area is 194 Å². The number of carboxylic acid groups (broad SMARTS) is 1. The van der Waals surface area contributed by atoms with Crippen LogP contribution in [0.15, 0.2) is 47.5 Å². The Morgan fingerprint density at radius 3 is 2.61 bits per heavy atom. The van der Waals surface area contributed by atoms with Crippen LogP contribution in [0.5, 0.6) is 0 Å². The monoisotopic (exact) mass is 494 g/mol. The fraction of sp³-hybridized carbons (Fsp3) is 0.217. The van der Waals surface area contributed by atoms with Crippen molar-refractivity contribution in [3.8, 4) is 10.6 Å². The van der Waals surface area contributed by atoms with Gasteiger partial charge in [-0.2, -0.15) is 13.2 Å². The Hall–Kier alpha value is -2.85. The molecule has 1 N–H and O–H groups in total. The predicted molar refractivity (Wildman–Crippen MR) is 121 cm³/mol. The van der Waals surface area contributed by atoms with Crippen molar-refractivity contribution in [2.75, 3.05) is 0 Å². The number of thioether (sulfide) groups is 1. The highest BCUT2D eigenvalue weighted by molar-refractivity contribution is 7.98. The first-order valence-corrected chi connectivity index (χ1v) is 11.6. The van der Waals surface area contributed by atoms with E-state index in [1.54, 1.807) is 22.5 Å². The number of rotatable bonds is 6. The summed E-state index contributed by atoms with van der Waals surface area (Å²) in [4.78, 5) is 17.4. The van der Waals surface area contributed by atoms with Crippen LogP contribution in [0.25, 0.3) is 21.5 Å². The van der Waals surface area contributed by atoms with Gasteiger partial charge in [-0.3, -0.25) is 4.79 Å². The van der Waals surface area contributed by atoms with E-state index in [9.17, 15) is 22.4 Å². The molecule has 4 rings (SSSR count). The molecule has 2 aromatic heterocycles. The van der Waals surface area contributed by atoms with Gasteiger partial charge in [-0.1, -0.05) is 6.07 Å². The number of carboxylic acids is 1. The van der Waals surface area contributed by atoms with E-state index >= 15 is 0 Å². The summed E-state index contributed by atoms with van der Waals surface area (Å²) in [7, 11) is 0. The van der Waals surface area contributed by atoms with Gasteiger partial charge < -0.3 is 9.67 Å². The normalized spacial score (nSPS) is 11.9. The van der Waals surface area contributed by atoms with Crippen LogP contribution in [-0.4, -0.2) is 20.6 Å². The number of halogens is 4. The smallest absolute Gasteiger partial charge is 0.419 e. The average Bonchev–Trinajstić information content (AvgIpc) is 3.28. The van der Waals surface area contributed by atoms with Gasteiger partial charge in [-0.05, 0) is 49.7 Å². The van der Waals surface area contributed by atoms with Crippen LogP contribution in [0.2, 0.25) is 0 Å². The Morgan fingerprint density at radius 1 is 1.18 bits per heavy atom. The molecule has 0 unspecified atom stereocenters. The van der Waals surface area contributed by atoms with Crippen molar-refractivity contribution in [2.24, 2.45) is 0 Å². The first-order chi connectivity index (χ1) is 15.5. The summed E-state index contributed by atoms with van der Waals surface area (Å²) in [6.07, 6.45) is -2.99. The number of carbonyl (C=O) groups is 1. The summed E-state index contributed by atoms with van der Waals surface area (Å²) in [6, 6.07) is 8.72. The molecule has 0 amide bonds. The van der Waals surface area contributed by atoms with E-state index in [0.717, 1.165) is 44.1 Å². The van der Waals surface area contributed by atoms with E-state index in [0.29, 0.717) is 16.3 Å². The van der Waals surface area contributed by atoms with Crippen molar-refractivity contribution in [3.63, 3.8) is 0 Å². The number of aryl methyl sites for hydroxylation is 2. The van der Waals surface area contributed by atoms with Crippen LogP contribution >= 0.6 is 23.1 Å². The molecule has 0 aliphatic heterocycles. The minimum atomic E-state index is -4.74. The van der Waals surface area contributed by atoms with Crippen LogP contribution < -0.4 is 0 Å². The van der Waals surface area contributed by atoms with Gasteiger partial charge in [0.05, 0.1) is 16.8 Å². The second kappa shape index (κ2) is 8.83. The predicted octanol–water partition coefficient (Wildman–Crippen LogP) is 6.92. The molecule has 33 heavy (non-hydrogen) atoms. The standard InChI is InChI=1S/C23H18F4N2O2S2/c1-12-7-16(8-14-5-6-29(21(12)14)10-20(30)31)32-11-19-13(2)28-22(33-19)15-3-4-17(18(24)9-15)23(25,26)27/h3-9H,10-11H2,1-2H3,(H,30,31). The Bertz CT molecular complexity index is 1360. The van der Waals surface area contributed by atoms with E-state index in [2.05, 4.69) is 4.98 Å². The summed E-state index contributed by atoms with van der Waals surface area (Å²) in [6.45, 7) is 3.64. The quantitative estimate of drug-likeness (QED) is 0.234. The third-order valence-electron chi connectivity index (χ3n) is 5.11. The highest BCUT2D eigenvalue weighted by Gasteiger charge is 2.34. The maximum atomic E-state index is 14.0. The van der Waals surface area contributed by atoms with Crippen molar-refractivity contribution in [1.82, 2.24) is 9.55 Å². The highest BCUT2D eigenvalue weighted by atomic mass is 32.2. The molecular weight excluding hydrogens is 476 g/mol. The van der Waals surface area contributed by atoms with Gasteiger partial charge in [0.1, 0.15) is 17.4 Å². The Kier molecular flexibility index (Phi) is 6.24. The number of benzene rings is 2. The molecule has 0 spiro atoms.